The maximum atomic E-state index is 12.6. The molecule has 8 aromatic carbocycles. The van der Waals surface area contributed by atoms with Gasteiger partial charge in [-0.05, 0) is 197 Å². The topological polar surface area (TPSA) is 262 Å². The maximum absolute atomic E-state index is 12.6. The number of carboxylic acids is 2. The van der Waals surface area contributed by atoms with Crippen molar-refractivity contribution < 1.29 is 48.5 Å². The second kappa shape index (κ2) is 27.2. The molecule has 10 N–H and O–H groups in total. The number of carbonyl (C=O) groups excluding carboxylic acids is 4. The van der Waals surface area contributed by atoms with Gasteiger partial charge in [-0.1, -0.05) is 72.8 Å². The number of carbonyl (C=O) groups is 6. The van der Waals surface area contributed by atoms with Crippen molar-refractivity contribution >= 4 is 80.2 Å². The van der Waals surface area contributed by atoms with Crippen molar-refractivity contribution in [3.05, 3.63) is 215 Å². The van der Waals surface area contributed by atoms with Gasteiger partial charge in [0.2, 0.25) is 0 Å². The molecule has 16 heteroatoms. The first kappa shape index (κ1) is 59.2. The molecule has 78 heavy (non-hydrogen) atoms. The lowest BCUT2D eigenvalue weighted by Crippen LogP contribution is -2.27. The summed E-state index contributed by atoms with van der Waals surface area (Å²) in [6, 6.07) is 54.1. The van der Waals surface area contributed by atoms with Gasteiger partial charge in [0.1, 0.15) is 11.2 Å². The van der Waals surface area contributed by atoms with E-state index < -0.39 is 35.3 Å². The summed E-state index contributed by atoms with van der Waals surface area (Å²) in [4.78, 5) is 68.9. The molecule has 0 saturated heterocycles. The number of hydrogen-bond acceptors (Lipinski definition) is 10. The largest absolute Gasteiger partial charge is 0.478 e. The Bertz CT molecular complexity index is 3330. The summed E-state index contributed by atoms with van der Waals surface area (Å²) in [5.41, 5.74) is 15.8. The van der Waals surface area contributed by atoms with Gasteiger partial charge in [0.15, 0.2) is 0 Å². The fourth-order valence-corrected chi connectivity index (χ4v) is 7.19. The molecule has 0 spiro atoms. The van der Waals surface area contributed by atoms with Crippen LogP contribution >= 0.6 is 0 Å². The van der Waals surface area contributed by atoms with Crippen LogP contribution in [-0.4, -0.2) is 57.4 Å². The average molecular weight is 1060 g/mol. The number of nitrogens with two attached hydrogens (primary N) is 2. The molecule has 0 unspecified atom stereocenters. The number of ether oxygens (including phenoxy) is 2. The molecule has 0 aromatic heterocycles. The monoisotopic (exact) mass is 1050 g/mol. The number of fused-ring (bicyclic) bond motifs is 2. The Balaban J connectivity index is 0.000000203. The number of carboxylic acid groups (broad SMARTS) is 2. The van der Waals surface area contributed by atoms with Crippen molar-refractivity contribution in [2.45, 2.75) is 78.7 Å². The molecule has 8 aromatic rings. The predicted molar refractivity (Wildman–Crippen MR) is 308 cm³/mol. The Morgan fingerprint density at radius 1 is 0.410 bits per heavy atom. The van der Waals surface area contributed by atoms with Gasteiger partial charge >= 0.3 is 24.1 Å². The van der Waals surface area contributed by atoms with E-state index in [2.05, 4.69) is 75.9 Å². The summed E-state index contributed by atoms with van der Waals surface area (Å²) in [7, 11) is 0. The zero-order valence-electron chi connectivity index (χ0n) is 44.8. The van der Waals surface area contributed by atoms with Crippen LogP contribution in [0.5, 0.6) is 0 Å². The summed E-state index contributed by atoms with van der Waals surface area (Å²) in [6.07, 6.45) is -1.10. The average Bonchev–Trinajstić information content (AvgIpc) is 3.38. The molecule has 404 valence electrons. The van der Waals surface area contributed by atoms with E-state index in [0.29, 0.717) is 33.9 Å². The highest BCUT2D eigenvalue weighted by Crippen LogP contribution is 2.23. The minimum absolute atomic E-state index is 0.0605. The van der Waals surface area contributed by atoms with Crippen molar-refractivity contribution in [3.8, 4) is 0 Å². The minimum Gasteiger partial charge on any atom is -0.478 e. The molecule has 0 bridgehead atoms. The lowest BCUT2D eigenvalue weighted by molar-refractivity contribution is 0.0624. The van der Waals surface area contributed by atoms with Gasteiger partial charge in [-0.15, -0.1) is 0 Å². The summed E-state index contributed by atoms with van der Waals surface area (Å²) in [5.74, 6) is -2.20. The number of nitrogens with one attached hydrogen (secondary N) is 4. The van der Waals surface area contributed by atoms with E-state index >= 15 is 0 Å². The molecular formula is C62H66N6O10. The van der Waals surface area contributed by atoms with E-state index in [9.17, 15) is 28.8 Å². The summed E-state index contributed by atoms with van der Waals surface area (Å²) in [5, 5.41) is 33.0. The highest BCUT2D eigenvalue weighted by molar-refractivity contribution is 5.96. The molecule has 2 atom stereocenters. The van der Waals surface area contributed by atoms with E-state index in [0.717, 1.165) is 16.5 Å². The van der Waals surface area contributed by atoms with Gasteiger partial charge in [-0.25, -0.2) is 19.2 Å². The number of aromatic carboxylic acids is 2. The Hall–Kier alpha value is -9.70. The van der Waals surface area contributed by atoms with Crippen LogP contribution in [0, 0.1) is 0 Å². The van der Waals surface area contributed by atoms with E-state index in [1.54, 1.807) is 102 Å². The Morgan fingerprint density at radius 3 is 1.03 bits per heavy atom. The fourth-order valence-electron chi connectivity index (χ4n) is 7.19. The Morgan fingerprint density at radius 2 is 0.705 bits per heavy atom. The third kappa shape index (κ3) is 19.5. The second-order valence-corrected chi connectivity index (χ2v) is 19.9. The molecule has 0 aliphatic rings. The first-order valence-corrected chi connectivity index (χ1v) is 24.8. The Labute approximate surface area is 453 Å². The van der Waals surface area contributed by atoms with Crippen LogP contribution in [0.25, 0.3) is 21.5 Å². The van der Waals surface area contributed by atoms with E-state index in [1.807, 2.05) is 44.2 Å². The summed E-state index contributed by atoms with van der Waals surface area (Å²) >= 11 is 0. The van der Waals surface area contributed by atoms with Crippen LogP contribution < -0.4 is 32.7 Å². The smallest absolute Gasteiger partial charge is 0.412 e. The highest BCUT2D eigenvalue weighted by atomic mass is 16.6. The molecule has 0 aliphatic heterocycles. The highest BCUT2D eigenvalue weighted by Gasteiger charge is 2.19. The molecule has 8 rings (SSSR count). The second-order valence-electron chi connectivity index (χ2n) is 19.9. The van der Waals surface area contributed by atoms with E-state index in [4.69, 9.17) is 31.2 Å². The van der Waals surface area contributed by atoms with Crippen molar-refractivity contribution in [1.29, 1.82) is 0 Å². The molecule has 16 nitrogen and oxygen atoms in total. The third-order valence-electron chi connectivity index (χ3n) is 11.1. The lowest BCUT2D eigenvalue weighted by atomic mass is 10.0. The van der Waals surface area contributed by atoms with Crippen molar-refractivity contribution in [3.63, 3.8) is 0 Å². The molecule has 4 amide bonds. The number of anilines is 4. The van der Waals surface area contributed by atoms with Crippen LogP contribution in [0.1, 0.15) is 120 Å². The maximum Gasteiger partial charge on any atom is 0.412 e. The van der Waals surface area contributed by atoms with Crippen molar-refractivity contribution in [2.24, 2.45) is 0 Å². The van der Waals surface area contributed by atoms with Crippen LogP contribution in [0.4, 0.5) is 32.3 Å². The number of rotatable bonds is 10. The summed E-state index contributed by atoms with van der Waals surface area (Å²) < 4.78 is 10.3. The van der Waals surface area contributed by atoms with Gasteiger partial charge in [0.05, 0.1) is 23.2 Å². The molecule has 0 aliphatic carbocycles. The first-order valence-electron chi connectivity index (χ1n) is 24.8. The number of amides is 4. The SMILES string of the molecule is CC(C)(C)OC(=O)Nc1ccc(C(=O)O)cc1.C[C@@H](NC(=O)c1ccc(N)cc1)c1ccc2ccccc2c1.C[C@@H](NC(=O)c1ccc(NC(=O)OC(C)(C)C)cc1)c1ccc2ccccc2c1.Nc1ccc(C(=O)O)cc1. The molecule has 0 fully saturated rings. The van der Waals surface area contributed by atoms with Crippen LogP contribution in [0.15, 0.2) is 182 Å². The molecule has 0 radical (unpaired) electrons. The van der Waals surface area contributed by atoms with Crippen molar-refractivity contribution in [1.82, 2.24) is 10.6 Å². The van der Waals surface area contributed by atoms with Gasteiger partial charge < -0.3 is 41.8 Å². The zero-order valence-corrected chi connectivity index (χ0v) is 44.8. The van der Waals surface area contributed by atoms with Gasteiger partial charge in [-0.2, -0.15) is 0 Å². The number of benzene rings is 8. The van der Waals surface area contributed by atoms with Crippen LogP contribution in [0.3, 0.4) is 0 Å². The van der Waals surface area contributed by atoms with E-state index in [-0.39, 0.29) is 35.0 Å². The van der Waals surface area contributed by atoms with E-state index in [1.165, 1.54) is 52.6 Å². The zero-order chi connectivity index (χ0) is 57.2. The summed E-state index contributed by atoms with van der Waals surface area (Å²) in [6.45, 7) is 14.6. The van der Waals surface area contributed by atoms with Gasteiger partial charge in [0.25, 0.3) is 11.8 Å². The Kier molecular flexibility index (Phi) is 20.6. The third-order valence-corrected chi connectivity index (χ3v) is 11.1. The first-order chi connectivity index (χ1) is 36.8. The predicted octanol–water partition coefficient (Wildman–Crippen LogP) is 13.3. The molecule has 0 saturated carbocycles. The van der Waals surface area contributed by atoms with Crippen LogP contribution in [-0.2, 0) is 9.47 Å². The number of nitrogen functional groups attached to an aromatic ring is 2. The lowest BCUT2D eigenvalue weighted by Gasteiger charge is -2.19. The number of hydrogen-bond donors (Lipinski definition) is 8. The molecule has 0 heterocycles. The molecular weight excluding hydrogens is 989 g/mol. The quantitative estimate of drug-likeness (QED) is 0.0595. The fraction of sp³-hybridized carbons (Fsp3) is 0.194. The van der Waals surface area contributed by atoms with Gasteiger partial charge in [-0.3, -0.25) is 20.2 Å². The standard InChI is InChI=1S/C24H26N2O3.C19H18N2O.C12H15NO4.C7H7NO2/c1-16(19-10-9-17-7-5-6-8-20(17)15-19)25-22(27)18-11-13-21(14-12-18)26-23(28)29-24(2,3)4;1-13(21-19(22)15-8-10-18(20)11-9-15)16-7-6-14-4-2-3-5-17(14)12-16;1-12(2,3)17-11(16)13-9-6-4-8(5-7-9)10(14)15;8-6-3-1-5(2-4-6)7(9)10/h5-16H,1-4H3,(H,25,27)(H,26,28);2-13H,20H2,1H3,(H,21,22);4-7H,1-3H3,(H,13,16)(H,14,15);1-4H,8H2,(H,9,10)/t16-;13-;;/m11../s1. The van der Waals surface area contributed by atoms with Crippen molar-refractivity contribution in [2.75, 3.05) is 22.1 Å². The normalized spacial score (nSPS) is 11.5. The van der Waals surface area contributed by atoms with Crippen LogP contribution in [0.2, 0.25) is 0 Å². The minimum atomic E-state index is -1.01. The van der Waals surface area contributed by atoms with Gasteiger partial charge in [0, 0.05) is 33.9 Å².